The summed E-state index contributed by atoms with van der Waals surface area (Å²) in [6.07, 6.45) is 2.44. The third-order valence-corrected chi connectivity index (χ3v) is 3.47. The fraction of sp³-hybridized carbons (Fsp3) is 0.467. The molecule has 0 spiro atoms. The van der Waals surface area contributed by atoms with Crippen LogP contribution >= 0.6 is 0 Å². The largest absolute Gasteiger partial charge is 0.465 e. The molecule has 0 unspecified atom stereocenters. The van der Waals surface area contributed by atoms with E-state index in [4.69, 9.17) is 9.47 Å². The van der Waals surface area contributed by atoms with Crippen molar-refractivity contribution in [2.45, 2.75) is 31.5 Å². The summed E-state index contributed by atoms with van der Waals surface area (Å²) in [5, 5.41) is 0. The van der Waals surface area contributed by atoms with Crippen molar-refractivity contribution < 1.29 is 23.8 Å². The molecule has 0 amide bonds. The highest BCUT2D eigenvalue weighted by molar-refractivity contribution is 5.95. The number of benzene rings is 1. The highest BCUT2D eigenvalue weighted by Gasteiger charge is 2.30. The van der Waals surface area contributed by atoms with Crippen LogP contribution in [0.4, 0.5) is 0 Å². The predicted octanol–water partition coefficient (Wildman–Crippen LogP) is 2.20. The first-order valence-electron chi connectivity index (χ1n) is 6.58. The van der Waals surface area contributed by atoms with Gasteiger partial charge in [-0.15, -0.1) is 0 Å². The quantitative estimate of drug-likeness (QED) is 0.790. The predicted molar refractivity (Wildman–Crippen MR) is 71.6 cm³/mol. The van der Waals surface area contributed by atoms with E-state index in [2.05, 4.69) is 4.74 Å². The Morgan fingerprint density at radius 3 is 2.35 bits per heavy atom. The lowest BCUT2D eigenvalue weighted by molar-refractivity contribution is -0.0206. The van der Waals surface area contributed by atoms with Crippen LogP contribution in [0.15, 0.2) is 24.3 Å². The second-order valence-electron chi connectivity index (χ2n) is 4.72. The summed E-state index contributed by atoms with van der Waals surface area (Å²) < 4.78 is 15.4. The van der Waals surface area contributed by atoms with Gasteiger partial charge in [-0.3, -0.25) is 0 Å². The van der Waals surface area contributed by atoms with Gasteiger partial charge in [-0.2, -0.15) is 0 Å². The molecule has 5 heteroatoms. The fourth-order valence-corrected chi connectivity index (χ4v) is 2.39. The molecule has 0 aliphatic heterocycles. The minimum absolute atomic E-state index is 0.0391. The van der Waals surface area contributed by atoms with E-state index in [9.17, 15) is 9.59 Å². The third-order valence-electron chi connectivity index (χ3n) is 3.47. The Balaban J connectivity index is 2.07. The van der Waals surface area contributed by atoms with E-state index in [1.807, 2.05) is 0 Å². The molecule has 1 aliphatic carbocycles. The maximum absolute atomic E-state index is 12.1. The number of ether oxygens (including phenoxy) is 3. The van der Waals surface area contributed by atoms with Crippen molar-refractivity contribution in [3.63, 3.8) is 0 Å². The molecule has 0 N–H and O–H groups in total. The van der Waals surface area contributed by atoms with Gasteiger partial charge in [0, 0.05) is 7.11 Å². The zero-order valence-corrected chi connectivity index (χ0v) is 11.6. The summed E-state index contributed by atoms with van der Waals surface area (Å²) in [7, 11) is 2.92. The molecule has 108 valence electrons. The molecule has 1 aromatic carbocycles. The van der Waals surface area contributed by atoms with E-state index in [-0.39, 0.29) is 12.2 Å². The van der Waals surface area contributed by atoms with Crippen molar-refractivity contribution in [3.8, 4) is 0 Å². The monoisotopic (exact) mass is 278 g/mol. The number of methoxy groups -OCH3 is 2. The average molecular weight is 278 g/mol. The number of carbonyl (C=O) groups is 2. The zero-order valence-electron chi connectivity index (χ0n) is 11.6. The number of esters is 2. The smallest absolute Gasteiger partial charge is 0.338 e. The molecule has 1 aliphatic rings. The normalized spacial score (nSPS) is 21.5. The maximum atomic E-state index is 12.1. The highest BCUT2D eigenvalue weighted by Crippen LogP contribution is 2.25. The molecule has 1 fully saturated rings. The van der Waals surface area contributed by atoms with Crippen molar-refractivity contribution in [2.75, 3.05) is 14.2 Å². The summed E-state index contributed by atoms with van der Waals surface area (Å²) in [6, 6.07) is 6.32. The molecule has 1 aromatic rings. The summed E-state index contributed by atoms with van der Waals surface area (Å²) in [6.45, 7) is 0. The average Bonchev–Trinajstić information content (AvgIpc) is 2.93. The van der Waals surface area contributed by atoms with Gasteiger partial charge in [-0.25, -0.2) is 9.59 Å². The third kappa shape index (κ3) is 3.17. The lowest BCUT2D eigenvalue weighted by Gasteiger charge is -2.18. The number of carbonyl (C=O) groups excluding carboxylic acids is 2. The van der Waals surface area contributed by atoms with Crippen LogP contribution in [0.2, 0.25) is 0 Å². The Morgan fingerprint density at radius 2 is 1.70 bits per heavy atom. The first-order chi connectivity index (χ1) is 9.65. The molecule has 2 rings (SSSR count). The van der Waals surface area contributed by atoms with Gasteiger partial charge in [-0.05, 0) is 37.5 Å². The van der Waals surface area contributed by atoms with Crippen molar-refractivity contribution in [1.82, 2.24) is 0 Å². The minimum atomic E-state index is -0.477. The summed E-state index contributed by atoms with van der Waals surface area (Å²) in [5.74, 6) is -0.917. The molecule has 0 heterocycles. The van der Waals surface area contributed by atoms with Gasteiger partial charge in [0.1, 0.15) is 6.10 Å². The van der Waals surface area contributed by atoms with Crippen LogP contribution in [-0.4, -0.2) is 38.4 Å². The number of hydrogen-bond donors (Lipinski definition) is 0. The second kappa shape index (κ2) is 6.52. The van der Waals surface area contributed by atoms with E-state index >= 15 is 0 Å². The summed E-state index contributed by atoms with van der Waals surface area (Å²) in [5.41, 5.74) is 0.673. The Morgan fingerprint density at radius 1 is 1.05 bits per heavy atom. The van der Waals surface area contributed by atoms with E-state index in [1.54, 1.807) is 25.3 Å². The molecule has 1 saturated carbocycles. The SMILES string of the molecule is COC(=O)c1cccc(C(=O)O[C@@H]2CCC[C@H]2OC)c1. The molecule has 20 heavy (non-hydrogen) atoms. The molecule has 5 nitrogen and oxygen atoms in total. The highest BCUT2D eigenvalue weighted by atomic mass is 16.6. The first kappa shape index (κ1) is 14.5. The summed E-state index contributed by atoms with van der Waals surface area (Å²) in [4.78, 5) is 23.5. The zero-order chi connectivity index (χ0) is 14.5. The lowest BCUT2D eigenvalue weighted by Crippen LogP contribution is -2.27. The van der Waals surface area contributed by atoms with Gasteiger partial charge >= 0.3 is 11.9 Å². The van der Waals surface area contributed by atoms with Gasteiger partial charge in [-0.1, -0.05) is 6.07 Å². The number of hydrogen-bond acceptors (Lipinski definition) is 5. The minimum Gasteiger partial charge on any atom is -0.465 e. The van der Waals surface area contributed by atoms with E-state index in [0.29, 0.717) is 11.1 Å². The fourth-order valence-electron chi connectivity index (χ4n) is 2.39. The van der Waals surface area contributed by atoms with Crippen molar-refractivity contribution >= 4 is 11.9 Å². The number of rotatable bonds is 4. The molecule has 0 aromatic heterocycles. The van der Waals surface area contributed by atoms with Gasteiger partial charge in [0.2, 0.25) is 0 Å². The summed E-state index contributed by atoms with van der Waals surface area (Å²) >= 11 is 0. The van der Waals surface area contributed by atoms with Crippen LogP contribution in [0.5, 0.6) is 0 Å². The van der Waals surface area contributed by atoms with E-state index < -0.39 is 11.9 Å². The van der Waals surface area contributed by atoms with Gasteiger partial charge < -0.3 is 14.2 Å². The van der Waals surface area contributed by atoms with Crippen LogP contribution in [0.1, 0.15) is 40.0 Å². The molecular weight excluding hydrogens is 260 g/mol. The first-order valence-corrected chi connectivity index (χ1v) is 6.58. The Labute approximate surface area is 117 Å². The second-order valence-corrected chi connectivity index (χ2v) is 4.72. The maximum Gasteiger partial charge on any atom is 0.338 e. The van der Waals surface area contributed by atoms with Crippen molar-refractivity contribution in [3.05, 3.63) is 35.4 Å². The Bertz CT molecular complexity index is 497. The van der Waals surface area contributed by atoms with Crippen molar-refractivity contribution in [2.24, 2.45) is 0 Å². The van der Waals surface area contributed by atoms with Gasteiger partial charge in [0.15, 0.2) is 0 Å². The molecular formula is C15H18O5. The topological polar surface area (TPSA) is 61.8 Å². The van der Waals surface area contributed by atoms with Crippen molar-refractivity contribution in [1.29, 1.82) is 0 Å². The lowest BCUT2D eigenvalue weighted by atomic mass is 10.1. The van der Waals surface area contributed by atoms with Gasteiger partial charge in [0.25, 0.3) is 0 Å². The van der Waals surface area contributed by atoms with E-state index in [1.165, 1.54) is 13.2 Å². The van der Waals surface area contributed by atoms with Crippen LogP contribution in [0.3, 0.4) is 0 Å². The standard InChI is InChI=1S/C15H18O5/c1-18-12-7-4-8-13(12)20-15(17)11-6-3-5-10(9-11)14(16)19-2/h3,5-6,9,12-13H,4,7-8H2,1-2H3/t12-,13-/m1/s1. The van der Waals surface area contributed by atoms with Crippen LogP contribution in [0.25, 0.3) is 0 Å². The Hall–Kier alpha value is -1.88. The molecule has 2 atom stereocenters. The van der Waals surface area contributed by atoms with Gasteiger partial charge in [0.05, 0.1) is 24.3 Å². The van der Waals surface area contributed by atoms with E-state index in [0.717, 1.165) is 19.3 Å². The molecule has 0 radical (unpaired) electrons. The van der Waals surface area contributed by atoms with Crippen LogP contribution < -0.4 is 0 Å². The molecule has 0 saturated heterocycles. The Kier molecular flexibility index (Phi) is 4.74. The van der Waals surface area contributed by atoms with Crippen LogP contribution in [0, 0.1) is 0 Å². The van der Waals surface area contributed by atoms with Crippen LogP contribution in [-0.2, 0) is 14.2 Å². The molecule has 0 bridgehead atoms.